The molecule has 180 valence electrons. The lowest BCUT2D eigenvalue weighted by Crippen LogP contribution is -2.11. The highest BCUT2D eigenvalue weighted by molar-refractivity contribution is 9.10. The van der Waals surface area contributed by atoms with Gasteiger partial charge in [0.15, 0.2) is 0 Å². The van der Waals surface area contributed by atoms with E-state index in [9.17, 15) is 4.79 Å². The number of aromatic amines is 1. The van der Waals surface area contributed by atoms with Crippen molar-refractivity contribution in [3.8, 4) is 11.3 Å². The molecule has 0 aliphatic heterocycles. The van der Waals surface area contributed by atoms with E-state index in [0.29, 0.717) is 23.3 Å². The van der Waals surface area contributed by atoms with Gasteiger partial charge in [0.2, 0.25) is 0 Å². The average Bonchev–Trinajstić information content (AvgIpc) is 3.14. The second-order valence-corrected chi connectivity index (χ2v) is 9.14. The Morgan fingerprint density at radius 3 is 2.40 bits per heavy atom. The summed E-state index contributed by atoms with van der Waals surface area (Å²) in [4.78, 5) is 39.0. The number of nitrogens with one attached hydrogen (secondary N) is 1. The van der Waals surface area contributed by atoms with Gasteiger partial charge in [0.1, 0.15) is 5.69 Å². The van der Waals surface area contributed by atoms with Crippen molar-refractivity contribution in [1.82, 2.24) is 24.5 Å². The highest BCUT2D eigenvalue weighted by Crippen LogP contribution is 2.31. The molecule has 10 heteroatoms. The fourth-order valence-corrected chi connectivity index (χ4v) is 4.26. The minimum absolute atomic E-state index is 0.235. The third-order valence-corrected chi connectivity index (χ3v) is 6.08. The summed E-state index contributed by atoms with van der Waals surface area (Å²) in [6, 6.07) is 9.78. The van der Waals surface area contributed by atoms with Crippen LogP contribution in [0.15, 0.2) is 45.8 Å². The molecule has 0 aliphatic rings. The summed E-state index contributed by atoms with van der Waals surface area (Å²) in [5.74, 6) is -0.833. The van der Waals surface area contributed by atoms with Crippen LogP contribution in [0, 0.1) is 13.8 Å². The molecular formula is C25H25BrN6O3. The second-order valence-electron chi connectivity index (χ2n) is 8.23. The Labute approximate surface area is 209 Å². The van der Waals surface area contributed by atoms with E-state index in [-0.39, 0.29) is 5.56 Å². The van der Waals surface area contributed by atoms with Crippen molar-refractivity contribution < 1.29 is 9.90 Å². The smallest absolute Gasteiger partial charge is 0.300 e. The van der Waals surface area contributed by atoms with E-state index in [0.717, 1.165) is 63.2 Å². The number of hydrogen-bond acceptors (Lipinski definition) is 6. The maximum atomic E-state index is 13.0. The molecule has 3 heterocycles. The lowest BCUT2D eigenvalue weighted by molar-refractivity contribution is -0.134. The van der Waals surface area contributed by atoms with Crippen LogP contribution in [0.1, 0.15) is 24.7 Å². The maximum absolute atomic E-state index is 13.0. The van der Waals surface area contributed by atoms with Crippen molar-refractivity contribution in [3.05, 3.63) is 62.7 Å². The minimum atomic E-state index is -0.833. The molecule has 0 spiro atoms. The van der Waals surface area contributed by atoms with Crippen LogP contribution in [0.25, 0.3) is 44.2 Å². The summed E-state index contributed by atoms with van der Waals surface area (Å²) >= 11 is 3.55. The molecule has 0 saturated carbocycles. The Morgan fingerprint density at radius 2 is 1.74 bits per heavy atom. The highest BCUT2D eigenvalue weighted by atomic mass is 79.9. The molecule has 0 bridgehead atoms. The summed E-state index contributed by atoms with van der Waals surface area (Å²) in [5.41, 5.74) is 12.3. The van der Waals surface area contributed by atoms with Crippen LogP contribution in [0.2, 0.25) is 0 Å². The van der Waals surface area contributed by atoms with Gasteiger partial charge in [-0.3, -0.25) is 9.59 Å². The van der Waals surface area contributed by atoms with Gasteiger partial charge in [-0.15, -0.1) is 0 Å². The Balaban J connectivity index is 0.000000672. The average molecular weight is 537 g/mol. The summed E-state index contributed by atoms with van der Waals surface area (Å²) in [6.07, 6.45) is 2.84. The van der Waals surface area contributed by atoms with Crippen molar-refractivity contribution >= 4 is 54.9 Å². The fraction of sp³-hybridized carbons (Fsp3) is 0.240. The molecule has 0 unspecified atom stereocenters. The van der Waals surface area contributed by atoms with Gasteiger partial charge >= 0.3 is 0 Å². The normalized spacial score (nSPS) is 11.1. The molecule has 5 rings (SSSR count). The van der Waals surface area contributed by atoms with E-state index in [1.54, 1.807) is 0 Å². The van der Waals surface area contributed by atoms with Crippen LogP contribution in [-0.4, -0.2) is 42.1 Å². The van der Waals surface area contributed by atoms with Crippen molar-refractivity contribution in [2.45, 2.75) is 33.7 Å². The predicted molar refractivity (Wildman–Crippen MR) is 141 cm³/mol. The van der Waals surface area contributed by atoms with Crippen LogP contribution in [0.5, 0.6) is 0 Å². The number of rotatable bonds is 4. The topological polar surface area (TPSA) is 140 Å². The Hall–Kier alpha value is -3.63. The first-order chi connectivity index (χ1) is 16.7. The molecule has 2 aromatic carbocycles. The van der Waals surface area contributed by atoms with Gasteiger partial charge in [0.25, 0.3) is 11.5 Å². The fourth-order valence-electron chi connectivity index (χ4n) is 3.90. The maximum Gasteiger partial charge on any atom is 0.300 e. The van der Waals surface area contributed by atoms with Gasteiger partial charge in [-0.1, -0.05) is 15.9 Å². The molecule has 0 atom stereocenters. The molecule has 5 aromatic rings. The van der Waals surface area contributed by atoms with E-state index in [1.807, 2.05) is 50.4 Å². The van der Waals surface area contributed by atoms with Crippen LogP contribution in [0.4, 0.5) is 0 Å². The predicted octanol–water partition coefficient (Wildman–Crippen LogP) is 4.31. The van der Waals surface area contributed by atoms with E-state index >= 15 is 0 Å². The first-order valence-electron chi connectivity index (χ1n) is 11.1. The summed E-state index contributed by atoms with van der Waals surface area (Å²) in [6.45, 7) is 6.33. The Kier molecular flexibility index (Phi) is 6.95. The van der Waals surface area contributed by atoms with Crippen molar-refractivity contribution in [2.24, 2.45) is 5.73 Å². The zero-order chi connectivity index (χ0) is 25.3. The number of carbonyl (C=O) groups is 1. The quantitative estimate of drug-likeness (QED) is 0.290. The summed E-state index contributed by atoms with van der Waals surface area (Å²) in [7, 11) is 0. The number of hydrogen-bond donors (Lipinski definition) is 3. The summed E-state index contributed by atoms with van der Waals surface area (Å²) < 4.78 is 3.08. The van der Waals surface area contributed by atoms with E-state index in [2.05, 4.69) is 35.4 Å². The number of carboxylic acids is 1. The lowest BCUT2D eigenvalue weighted by atomic mass is 10.1. The third-order valence-electron chi connectivity index (χ3n) is 5.59. The van der Waals surface area contributed by atoms with Gasteiger partial charge in [-0.25, -0.2) is 15.0 Å². The number of nitrogens with zero attached hydrogens (tertiary/aromatic N) is 4. The number of aliphatic carboxylic acids is 1. The van der Waals surface area contributed by atoms with E-state index < -0.39 is 5.97 Å². The Bertz CT molecular complexity index is 1640. The van der Waals surface area contributed by atoms with Crippen molar-refractivity contribution in [2.75, 3.05) is 6.54 Å². The summed E-state index contributed by atoms with van der Waals surface area (Å²) in [5, 5.41) is 8.38. The molecule has 4 N–H and O–H groups in total. The molecule has 35 heavy (non-hydrogen) atoms. The highest BCUT2D eigenvalue weighted by Gasteiger charge is 2.16. The lowest BCUT2D eigenvalue weighted by Gasteiger charge is -2.06. The number of benzene rings is 2. The SMILES string of the molecule is CC(=O)O.Cc1nc2cc3nc(-c4cn(CCCN)c5ccc(Br)cc45)c(=O)[nH]c3cc2nc1C. The first kappa shape index (κ1) is 24.5. The number of H-pyrrole nitrogens is 1. The van der Waals surface area contributed by atoms with Crippen LogP contribution < -0.4 is 11.3 Å². The first-order valence-corrected chi connectivity index (χ1v) is 11.8. The van der Waals surface area contributed by atoms with E-state index in [4.69, 9.17) is 20.6 Å². The molecular weight excluding hydrogens is 512 g/mol. The molecule has 0 radical (unpaired) electrons. The second kappa shape index (κ2) is 9.93. The van der Waals surface area contributed by atoms with E-state index in [1.165, 1.54) is 0 Å². The Morgan fingerprint density at radius 1 is 1.09 bits per heavy atom. The minimum Gasteiger partial charge on any atom is -0.481 e. The zero-order valence-electron chi connectivity index (χ0n) is 19.6. The monoisotopic (exact) mass is 536 g/mol. The number of halogens is 1. The number of fused-ring (bicyclic) bond motifs is 3. The molecule has 0 amide bonds. The number of aryl methyl sites for hydroxylation is 3. The number of nitrogens with two attached hydrogens (primary N) is 1. The van der Waals surface area contributed by atoms with Gasteiger partial charge in [0, 0.05) is 40.6 Å². The van der Waals surface area contributed by atoms with Crippen molar-refractivity contribution in [1.29, 1.82) is 0 Å². The van der Waals surface area contributed by atoms with Crippen LogP contribution >= 0.6 is 15.9 Å². The number of carboxylic acid groups (broad SMARTS) is 1. The van der Waals surface area contributed by atoms with Gasteiger partial charge in [-0.05, 0) is 57.1 Å². The van der Waals surface area contributed by atoms with Crippen LogP contribution in [0.3, 0.4) is 0 Å². The standard InChI is InChI=1S/C23H21BrN6O.C2H4O2/c1-12-13(2)27-18-10-20-19(9-17(18)26-12)28-22(23(31)29-20)16-11-30(7-3-6-25)21-5-4-14(24)8-15(16)21;1-2(3)4/h4-5,8-11H,3,6-7,25H2,1-2H3,(H,29,31);1H3,(H,3,4). The largest absolute Gasteiger partial charge is 0.481 e. The van der Waals surface area contributed by atoms with Crippen molar-refractivity contribution in [3.63, 3.8) is 0 Å². The zero-order valence-corrected chi connectivity index (χ0v) is 21.2. The third kappa shape index (κ3) is 5.08. The number of aromatic nitrogens is 5. The molecule has 3 aromatic heterocycles. The van der Waals surface area contributed by atoms with Gasteiger partial charge in [-0.2, -0.15) is 0 Å². The molecule has 0 aliphatic carbocycles. The molecule has 0 saturated heterocycles. The molecule has 0 fully saturated rings. The molecule has 9 nitrogen and oxygen atoms in total. The van der Waals surface area contributed by atoms with Gasteiger partial charge < -0.3 is 20.4 Å². The van der Waals surface area contributed by atoms with Crippen LogP contribution in [-0.2, 0) is 11.3 Å². The van der Waals surface area contributed by atoms with Gasteiger partial charge in [0.05, 0.1) is 33.5 Å².